The second-order valence-corrected chi connectivity index (χ2v) is 9.54. The summed E-state index contributed by atoms with van der Waals surface area (Å²) in [6, 6.07) is 3.07. The number of rotatable bonds is 8. The number of hydrogen-bond acceptors (Lipinski definition) is 0. The molecule has 0 heterocycles. The standard InChI is InChI=1S/C14H28Si2/c1-3-5-11-15-13-7-9-14(10-8-13)16-12-6-4-2/h7-10,13-14H,3-6,11-12,15-16H2,1-2H3. The molecule has 0 aromatic rings. The van der Waals surface area contributed by atoms with Crippen molar-refractivity contribution in [1.82, 2.24) is 0 Å². The maximum absolute atomic E-state index is 2.53. The van der Waals surface area contributed by atoms with Crippen LogP contribution in [0.25, 0.3) is 0 Å². The molecule has 0 aromatic heterocycles. The van der Waals surface area contributed by atoms with Crippen LogP contribution in [0.15, 0.2) is 24.3 Å². The third kappa shape index (κ3) is 5.85. The van der Waals surface area contributed by atoms with Crippen molar-refractivity contribution in [2.24, 2.45) is 0 Å². The van der Waals surface area contributed by atoms with E-state index in [9.17, 15) is 0 Å². The van der Waals surface area contributed by atoms with E-state index in [4.69, 9.17) is 0 Å². The summed E-state index contributed by atoms with van der Waals surface area (Å²) in [6.45, 7) is 4.60. The van der Waals surface area contributed by atoms with E-state index < -0.39 is 0 Å². The predicted molar refractivity (Wildman–Crippen MR) is 82.3 cm³/mol. The summed E-state index contributed by atoms with van der Waals surface area (Å²) in [5.41, 5.74) is 1.78. The lowest BCUT2D eigenvalue weighted by molar-refractivity contribution is 0.873. The van der Waals surface area contributed by atoms with Gasteiger partial charge in [-0.3, -0.25) is 0 Å². The second kappa shape index (κ2) is 9.00. The Morgan fingerprint density at radius 3 is 1.44 bits per heavy atom. The van der Waals surface area contributed by atoms with Crippen molar-refractivity contribution in [1.29, 1.82) is 0 Å². The van der Waals surface area contributed by atoms with E-state index in [1.807, 2.05) is 0 Å². The molecule has 92 valence electrons. The lowest BCUT2D eigenvalue weighted by Gasteiger charge is -2.15. The number of hydrogen-bond donors (Lipinski definition) is 0. The SMILES string of the molecule is CCCC[SiH2]C1C=CC([SiH2]CCCC)C=C1. The zero-order valence-electron chi connectivity index (χ0n) is 11.1. The van der Waals surface area contributed by atoms with Crippen molar-refractivity contribution in [3.63, 3.8) is 0 Å². The summed E-state index contributed by atoms with van der Waals surface area (Å²) < 4.78 is 0. The molecule has 0 N–H and O–H groups in total. The third-order valence-electron chi connectivity index (χ3n) is 3.49. The van der Waals surface area contributed by atoms with E-state index in [1.54, 1.807) is 0 Å². The van der Waals surface area contributed by atoms with Crippen LogP contribution in [-0.4, -0.2) is 19.0 Å². The zero-order valence-corrected chi connectivity index (χ0v) is 13.9. The molecule has 0 saturated carbocycles. The van der Waals surface area contributed by atoms with Crippen LogP contribution in [0.5, 0.6) is 0 Å². The van der Waals surface area contributed by atoms with E-state index in [2.05, 4.69) is 38.2 Å². The summed E-state index contributed by atoms with van der Waals surface area (Å²) in [5.74, 6) is 0. The second-order valence-electron chi connectivity index (χ2n) is 5.09. The van der Waals surface area contributed by atoms with Crippen molar-refractivity contribution >= 4 is 19.0 Å². The summed E-state index contributed by atoms with van der Waals surface area (Å²) in [6.07, 6.45) is 15.8. The van der Waals surface area contributed by atoms with Gasteiger partial charge in [0.25, 0.3) is 0 Å². The molecule has 0 nitrogen and oxygen atoms in total. The normalized spacial score (nSPS) is 25.4. The number of allylic oxidation sites excluding steroid dienone is 4. The minimum Gasteiger partial charge on any atom is -0.0847 e. The molecule has 0 radical (unpaired) electrons. The minimum absolute atomic E-state index is 0.150. The van der Waals surface area contributed by atoms with Gasteiger partial charge in [0.2, 0.25) is 0 Å². The number of unbranched alkanes of at least 4 members (excludes halogenated alkanes) is 2. The highest BCUT2D eigenvalue weighted by Crippen LogP contribution is 2.23. The monoisotopic (exact) mass is 252 g/mol. The zero-order chi connectivity index (χ0) is 11.6. The Kier molecular flexibility index (Phi) is 7.86. The molecule has 0 amide bonds. The first-order chi connectivity index (χ1) is 7.86. The van der Waals surface area contributed by atoms with Crippen molar-refractivity contribution in [2.45, 2.75) is 62.7 Å². The molecule has 2 heteroatoms. The first-order valence-corrected chi connectivity index (χ1v) is 10.9. The average molecular weight is 253 g/mol. The first kappa shape index (κ1) is 14.0. The van der Waals surface area contributed by atoms with E-state index >= 15 is 0 Å². The first-order valence-electron chi connectivity index (χ1n) is 7.23. The topological polar surface area (TPSA) is 0 Å². The average Bonchev–Trinajstić information content (AvgIpc) is 2.32. The molecule has 0 saturated heterocycles. The van der Waals surface area contributed by atoms with Gasteiger partial charge in [0.05, 0.1) is 0 Å². The Bertz CT molecular complexity index is 185. The fourth-order valence-electron chi connectivity index (χ4n) is 2.34. The van der Waals surface area contributed by atoms with Crippen molar-refractivity contribution < 1.29 is 0 Å². The maximum Gasteiger partial charge on any atom is 0.0327 e. The van der Waals surface area contributed by atoms with Gasteiger partial charge < -0.3 is 0 Å². The molecule has 1 rings (SSSR count). The lowest BCUT2D eigenvalue weighted by atomic mass is 10.2. The van der Waals surface area contributed by atoms with Crippen LogP contribution in [0.3, 0.4) is 0 Å². The fraction of sp³-hybridized carbons (Fsp3) is 0.714. The summed E-state index contributed by atoms with van der Waals surface area (Å²) in [5, 5.41) is 0. The van der Waals surface area contributed by atoms with Gasteiger partial charge in [-0.25, -0.2) is 0 Å². The Labute approximate surface area is 106 Å². The molecule has 16 heavy (non-hydrogen) atoms. The highest BCUT2D eigenvalue weighted by molar-refractivity contribution is 6.41. The van der Waals surface area contributed by atoms with Crippen LogP contribution in [0.1, 0.15) is 39.5 Å². The molecule has 0 unspecified atom stereocenters. The molecule has 1 aliphatic rings. The lowest BCUT2D eigenvalue weighted by Crippen LogP contribution is -2.05. The molecule has 0 spiro atoms. The van der Waals surface area contributed by atoms with Crippen molar-refractivity contribution in [2.75, 3.05) is 0 Å². The van der Waals surface area contributed by atoms with E-state index in [-0.39, 0.29) is 19.0 Å². The highest BCUT2D eigenvalue weighted by Gasteiger charge is 2.09. The molecular formula is C14H28Si2. The smallest absolute Gasteiger partial charge is 0.0327 e. The van der Waals surface area contributed by atoms with Gasteiger partial charge in [0.15, 0.2) is 0 Å². The van der Waals surface area contributed by atoms with Crippen LogP contribution >= 0.6 is 0 Å². The Morgan fingerprint density at radius 2 is 1.12 bits per heavy atom. The minimum atomic E-state index is 0.150. The van der Waals surface area contributed by atoms with Crippen LogP contribution in [0, 0.1) is 0 Å². The van der Waals surface area contributed by atoms with E-state index in [0.29, 0.717) is 0 Å². The van der Waals surface area contributed by atoms with E-state index in [1.165, 1.54) is 37.8 Å². The van der Waals surface area contributed by atoms with Crippen LogP contribution < -0.4 is 0 Å². The molecule has 0 aliphatic heterocycles. The van der Waals surface area contributed by atoms with Crippen LogP contribution in [-0.2, 0) is 0 Å². The fourth-order valence-corrected chi connectivity index (χ4v) is 6.26. The Balaban J connectivity index is 2.14. The molecular weight excluding hydrogens is 224 g/mol. The third-order valence-corrected chi connectivity index (χ3v) is 7.73. The van der Waals surface area contributed by atoms with E-state index in [0.717, 1.165) is 11.1 Å². The van der Waals surface area contributed by atoms with Crippen LogP contribution in [0.4, 0.5) is 0 Å². The predicted octanol–water partition coefficient (Wildman–Crippen LogP) is 3.46. The van der Waals surface area contributed by atoms with Gasteiger partial charge in [-0.1, -0.05) is 75.9 Å². The van der Waals surface area contributed by atoms with Gasteiger partial charge in [0.1, 0.15) is 0 Å². The maximum atomic E-state index is 2.53. The van der Waals surface area contributed by atoms with Gasteiger partial charge in [-0.15, -0.1) is 0 Å². The Hall–Kier alpha value is -0.0862. The molecule has 0 atom stereocenters. The molecule has 0 bridgehead atoms. The largest absolute Gasteiger partial charge is 0.0847 e. The Morgan fingerprint density at radius 1 is 0.750 bits per heavy atom. The van der Waals surface area contributed by atoms with Gasteiger partial charge in [0, 0.05) is 19.0 Å². The van der Waals surface area contributed by atoms with Gasteiger partial charge in [-0.05, 0) is 11.1 Å². The van der Waals surface area contributed by atoms with Gasteiger partial charge >= 0.3 is 0 Å². The van der Waals surface area contributed by atoms with Crippen molar-refractivity contribution in [3.8, 4) is 0 Å². The summed E-state index contributed by atoms with van der Waals surface area (Å²) in [4.78, 5) is 0. The highest BCUT2D eigenvalue weighted by atomic mass is 28.2. The summed E-state index contributed by atoms with van der Waals surface area (Å²) >= 11 is 0. The van der Waals surface area contributed by atoms with Crippen molar-refractivity contribution in [3.05, 3.63) is 24.3 Å². The van der Waals surface area contributed by atoms with Crippen LogP contribution in [0.2, 0.25) is 23.2 Å². The molecule has 0 aromatic carbocycles. The molecule has 0 fully saturated rings. The molecule has 1 aliphatic carbocycles. The van der Waals surface area contributed by atoms with Gasteiger partial charge in [-0.2, -0.15) is 0 Å². The summed E-state index contributed by atoms with van der Waals surface area (Å²) in [7, 11) is 0.300. The quantitative estimate of drug-likeness (QED) is 0.353.